The lowest BCUT2D eigenvalue weighted by Crippen LogP contribution is -2.40. The number of nitro benzene ring substituents is 2. The molecule has 39 heavy (non-hydrogen) atoms. The number of phenols is 1. The molecule has 1 aliphatic rings. The second kappa shape index (κ2) is 10.5. The lowest BCUT2D eigenvalue weighted by molar-refractivity contribution is -0.386. The van der Waals surface area contributed by atoms with E-state index in [-0.39, 0.29) is 44.2 Å². The van der Waals surface area contributed by atoms with E-state index < -0.39 is 38.9 Å². The van der Waals surface area contributed by atoms with Gasteiger partial charge in [0.05, 0.1) is 45.4 Å². The van der Waals surface area contributed by atoms with Crippen molar-refractivity contribution in [3.8, 4) is 11.5 Å². The number of carbonyl (C=O) groups is 1. The zero-order valence-corrected chi connectivity index (χ0v) is 22.0. The fraction of sp³-hybridized carbons (Fsp3) is 0.240. The molecule has 0 aliphatic carbocycles. The zero-order valence-electron chi connectivity index (χ0n) is 21.2. The lowest BCUT2D eigenvalue weighted by Gasteiger charge is -2.24. The number of aromatic nitrogens is 1. The largest absolute Gasteiger partial charge is 0.500 e. The zero-order chi connectivity index (χ0) is 28.6. The number of fused-ring (bicyclic) bond motifs is 1. The second-order valence-corrected chi connectivity index (χ2v) is 9.46. The summed E-state index contributed by atoms with van der Waals surface area (Å²) in [5, 5.41) is 33.1. The van der Waals surface area contributed by atoms with Crippen molar-refractivity contribution < 1.29 is 29.2 Å². The number of thiazole rings is 1. The predicted octanol–water partition coefficient (Wildman–Crippen LogP) is 2.64. The third-order valence-corrected chi connectivity index (χ3v) is 7.04. The van der Waals surface area contributed by atoms with Gasteiger partial charge in [0.15, 0.2) is 10.6 Å². The van der Waals surface area contributed by atoms with Crippen molar-refractivity contribution in [2.75, 3.05) is 13.7 Å². The molecule has 0 bridgehead atoms. The molecule has 0 fully saturated rings. The van der Waals surface area contributed by atoms with Crippen LogP contribution in [0.4, 0.5) is 11.4 Å². The van der Waals surface area contributed by atoms with Crippen molar-refractivity contribution in [1.29, 1.82) is 0 Å². The minimum atomic E-state index is -1.08. The van der Waals surface area contributed by atoms with Crippen LogP contribution in [0.1, 0.15) is 36.6 Å². The maximum absolute atomic E-state index is 13.7. The van der Waals surface area contributed by atoms with Crippen LogP contribution in [0, 0.1) is 27.2 Å². The fourth-order valence-corrected chi connectivity index (χ4v) is 5.29. The van der Waals surface area contributed by atoms with Crippen LogP contribution in [0.3, 0.4) is 0 Å². The maximum atomic E-state index is 13.7. The molecule has 0 amide bonds. The number of rotatable bonds is 7. The summed E-state index contributed by atoms with van der Waals surface area (Å²) in [6, 6.07) is 5.77. The molecule has 0 saturated heterocycles. The van der Waals surface area contributed by atoms with Crippen LogP contribution in [-0.2, 0) is 9.53 Å². The number of nitro groups is 2. The Morgan fingerprint density at radius 3 is 2.49 bits per heavy atom. The van der Waals surface area contributed by atoms with E-state index in [9.17, 15) is 34.9 Å². The molecule has 2 aromatic carbocycles. The number of aromatic hydroxyl groups is 1. The van der Waals surface area contributed by atoms with Gasteiger partial charge >= 0.3 is 11.7 Å². The number of hydrogen-bond acceptors (Lipinski definition) is 11. The number of carbonyl (C=O) groups excluding carboxylic acids is 1. The van der Waals surface area contributed by atoms with Crippen LogP contribution in [0.25, 0.3) is 6.08 Å². The number of hydrogen-bond donors (Lipinski definition) is 1. The van der Waals surface area contributed by atoms with E-state index in [0.717, 1.165) is 17.4 Å². The van der Waals surface area contributed by atoms with Gasteiger partial charge in [-0.05, 0) is 44.0 Å². The van der Waals surface area contributed by atoms with Gasteiger partial charge in [-0.3, -0.25) is 29.6 Å². The number of ether oxygens (including phenoxy) is 2. The summed E-state index contributed by atoms with van der Waals surface area (Å²) in [4.78, 5) is 53.1. The van der Waals surface area contributed by atoms with Gasteiger partial charge in [-0.25, -0.2) is 9.79 Å². The minimum absolute atomic E-state index is 0.0518. The first-order valence-electron chi connectivity index (χ1n) is 11.5. The highest BCUT2D eigenvalue weighted by Crippen LogP contribution is 2.37. The summed E-state index contributed by atoms with van der Waals surface area (Å²) < 4.78 is 11.6. The van der Waals surface area contributed by atoms with E-state index in [1.165, 1.54) is 36.0 Å². The average molecular weight is 555 g/mol. The molecule has 202 valence electrons. The first-order valence-corrected chi connectivity index (χ1v) is 12.3. The van der Waals surface area contributed by atoms with Crippen molar-refractivity contribution in [2.45, 2.75) is 26.8 Å². The Morgan fingerprint density at radius 2 is 1.87 bits per heavy atom. The van der Waals surface area contributed by atoms with E-state index >= 15 is 0 Å². The normalized spacial score (nSPS) is 15.0. The van der Waals surface area contributed by atoms with Crippen molar-refractivity contribution >= 4 is 34.8 Å². The molecule has 1 atom stereocenters. The van der Waals surface area contributed by atoms with Crippen LogP contribution in [-0.4, -0.2) is 39.2 Å². The summed E-state index contributed by atoms with van der Waals surface area (Å²) in [6.45, 7) is 4.83. The molecule has 3 aromatic rings. The number of benzene rings is 2. The molecule has 0 radical (unpaired) electrons. The maximum Gasteiger partial charge on any atom is 0.338 e. The summed E-state index contributed by atoms with van der Waals surface area (Å²) in [5.41, 5.74) is -0.153. The minimum Gasteiger partial charge on any atom is -0.500 e. The molecule has 0 spiro atoms. The Hall–Kier alpha value is -4.85. The van der Waals surface area contributed by atoms with Gasteiger partial charge in [-0.15, -0.1) is 0 Å². The number of methoxy groups -OCH3 is 1. The van der Waals surface area contributed by atoms with Gasteiger partial charge in [0.25, 0.3) is 11.2 Å². The van der Waals surface area contributed by atoms with E-state index in [0.29, 0.717) is 11.1 Å². The highest BCUT2D eigenvalue weighted by molar-refractivity contribution is 7.07. The number of esters is 1. The SMILES string of the molecule is CCOC(=O)C1=C(C)N=c2sc(=Cc3cc(OC)c(O)c([N+](=O)[O-])c3)c(=O)n2C1c1ccc(C)c([N+](=O)[O-])c1. The van der Waals surface area contributed by atoms with Gasteiger partial charge in [-0.2, -0.15) is 0 Å². The Kier molecular flexibility index (Phi) is 7.31. The summed E-state index contributed by atoms with van der Waals surface area (Å²) >= 11 is 0.967. The summed E-state index contributed by atoms with van der Waals surface area (Å²) in [7, 11) is 1.23. The van der Waals surface area contributed by atoms with Gasteiger partial charge in [-0.1, -0.05) is 23.5 Å². The van der Waals surface area contributed by atoms with Crippen LogP contribution in [0.5, 0.6) is 11.5 Å². The van der Waals surface area contributed by atoms with E-state index in [2.05, 4.69) is 4.99 Å². The van der Waals surface area contributed by atoms with E-state index in [1.54, 1.807) is 26.8 Å². The van der Waals surface area contributed by atoms with Crippen LogP contribution in [0.2, 0.25) is 0 Å². The van der Waals surface area contributed by atoms with Crippen molar-refractivity contribution in [3.05, 3.63) is 98.2 Å². The Labute approximate surface area is 223 Å². The monoisotopic (exact) mass is 554 g/mol. The van der Waals surface area contributed by atoms with Crippen molar-refractivity contribution in [2.24, 2.45) is 4.99 Å². The van der Waals surface area contributed by atoms with Crippen molar-refractivity contribution in [3.63, 3.8) is 0 Å². The molecule has 14 heteroatoms. The number of aryl methyl sites for hydroxylation is 1. The smallest absolute Gasteiger partial charge is 0.338 e. The summed E-state index contributed by atoms with van der Waals surface area (Å²) in [5.74, 6) is -1.54. The average Bonchev–Trinajstić information content (AvgIpc) is 3.18. The molecule has 1 unspecified atom stereocenters. The van der Waals surface area contributed by atoms with Gasteiger partial charge < -0.3 is 14.6 Å². The topological polar surface area (TPSA) is 176 Å². The Bertz CT molecular complexity index is 1750. The number of allylic oxidation sites excluding steroid dienone is 1. The third kappa shape index (κ3) is 4.88. The highest BCUT2D eigenvalue weighted by Gasteiger charge is 2.34. The molecular weight excluding hydrogens is 532 g/mol. The standard InChI is InChI=1S/C25H22N4O9S/c1-5-38-24(32)20-13(3)26-25-27(21(20)15-7-6-12(2)16(11-15)28(33)34)23(31)19(39-25)10-14-8-17(29(35)36)22(30)18(9-14)37-4/h6-11,21,30H,5H2,1-4H3. The van der Waals surface area contributed by atoms with Crippen LogP contribution in [0.15, 0.2) is 51.4 Å². The summed E-state index contributed by atoms with van der Waals surface area (Å²) in [6.07, 6.45) is 1.37. The van der Waals surface area contributed by atoms with Crippen LogP contribution >= 0.6 is 11.3 Å². The Balaban J connectivity index is 2.00. The molecule has 4 rings (SSSR count). The fourth-order valence-electron chi connectivity index (χ4n) is 4.24. The lowest BCUT2D eigenvalue weighted by atomic mass is 9.94. The third-order valence-electron chi connectivity index (χ3n) is 6.05. The van der Waals surface area contributed by atoms with Gasteiger partial charge in [0.2, 0.25) is 5.75 Å². The first-order chi connectivity index (χ1) is 18.5. The quantitative estimate of drug-likeness (QED) is 0.261. The molecule has 1 aromatic heterocycles. The molecule has 0 saturated carbocycles. The molecule has 2 heterocycles. The first kappa shape index (κ1) is 27.2. The second-order valence-electron chi connectivity index (χ2n) is 8.45. The van der Waals surface area contributed by atoms with E-state index in [4.69, 9.17) is 9.47 Å². The molecule has 1 aliphatic heterocycles. The van der Waals surface area contributed by atoms with Gasteiger partial charge in [0.1, 0.15) is 0 Å². The highest BCUT2D eigenvalue weighted by atomic mass is 32.1. The number of phenolic OH excluding ortho intramolecular Hbond substituents is 1. The molecule has 1 N–H and O–H groups in total. The molecule has 13 nitrogen and oxygen atoms in total. The van der Waals surface area contributed by atoms with Crippen LogP contribution < -0.4 is 19.6 Å². The number of nitrogens with zero attached hydrogens (tertiary/aromatic N) is 4. The Morgan fingerprint density at radius 1 is 1.18 bits per heavy atom. The predicted molar refractivity (Wildman–Crippen MR) is 140 cm³/mol. The van der Waals surface area contributed by atoms with Crippen molar-refractivity contribution in [1.82, 2.24) is 4.57 Å². The molecular formula is C25H22N4O9S. The van der Waals surface area contributed by atoms with E-state index in [1.807, 2.05) is 0 Å². The van der Waals surface area contributed by atoms with Gasteiger partial charge in [0, 0.05) is 17.7 Å².